The van der Waals surface area contributed by atoms with Crippen molar-refractivity contribution < 1.29 is 41.9 Å². The minimum atomic E-state index is -4.04. The minimum Gasteiger partial charge on any atom is -0.481 e. The van der Waals surface area contributed by atoms with Gasteiger partial charge >= 0.3 is 5.97 Å². The Morgan fingerprint density at radius 1 is 0.862 bits per heavy atom. The zero-order valence-electron chi connectivity index (χ0n) is 49.7. The summed E-state index contributed by atoms with van der Waals surface area (Å²) in [4.78, 5) is 83.8. The summed E-state index contributed by atoms with van der Waals surface area (Å²) in [6, 6.07) is 17.2. The number of carboxylic acid groups (broad SMARTS) is 1. The number of halogens is 3. The fourth-order valence-electron chi connectivity index (χ4n) is 12.5. The lowest BCUT2D eigenvalue weighted by Gasteiger charge is -2.54. The van der Waals surface area contributed by atoms with E-state index < -0.39 is 68.7 Å². The molecule has 464 valence electrons. The van der Waals surface area contributed by atoms with Gasteiger partial charge in [0, 0.05) is 111 Å². The standard InChI is InChI=1S/C63H77Cl2FN12O8S/c1-62(2,3)53(78-57(42-16-19-46(64)20-17-42)48(43-11-10-12-47(65)31-43)33-63(4,61(78)84)34-56(81)82)40-87(85,86)76-29-27-74(28-30-76)55(80)13-8-6-5-7-9-22-67-54(79)39-73-23-25-75(26-24-73)60(83)44-18-21-50(49(66)32-44)71-58-59-68-37-52(45-35-69-70-36-45)77(59)38-51(72-58)41-14-15-41/h10-12,16-21,31-32,35-38,41,48,53,57H,5-9,13-15,22-30,33-34,39-40H2,1-4H3,(H,67,79)(H,69,70)(H,71,72)(H,81,82)/t48-,53-,57-,63-/m1/s1. The van der Waals surface area contributed by atoms with Crippen molar-refractivity contribution in [2.24, 2.45) is 10.8 Å². The predicted octanol–water partition coefficient (Wildman–Crippen LogP) is 9.53. The SMILES string of the molecule is CC(C)(C)[C@@H](CS(=O)(=O)N1CCN(C(=O)CCCCCCCNC(=O)CN2CCN(C(=O)c3ccc(Nc4nc(C5CC5)cn5c(-c6cn[nH]c6)cnc45)c(F)c3)CC2)CC1)N1C(=O)[C@@](C)(CC(=O)O)C[C@H](c2cccc(Cl)c2)[C@H]1c1ccc(Cl)cc1. The Balaban J connectivity index is 0.637. The molecule has 4 amide bonds. The number of nitrogens with zero attached hydrogens (tertiary/aromatic N) is 9. The number of rotatable bonds is 23. The predicted molar refractivity (Wildman–Crippen MR) is 331 cm³/mol. The second-order valence-electron chi connectivity index (χ2n) is 25.0. The van der Waals surface area contributed by atoms with Gasteiger partial charge in [-0.05, 0) is 91.1 Å². The lowest BCUT2D eigenvalue weighted by Crippen LogP contribution is -2.61. The number of carboxylic acids is 1. The fourth-order valence-corrected chi connectivity index (χ4v) is 14.8. The molecule has 6 heterocycles. The number of hydrogen-bond acceptors (Lipinski definition) is 12. The number of sulfonamides is 1. The second kappa shape index (κ2) is 26.8. The smallest absolute Gasteiger partial charge is 0.304 e. The van der Waals surface area contributed by atoms with Gasteiger partial charge in [-0.25, -0.2) is 22.8 Å². The van der Waals surface area contributed by atoms with Gasteiger partial charge in [0.1, 0.15) is 5.82 Å². The minimum absolute atomic E-state index is 0.0375. The third kappa shape index (κ3) is 15.0. The van der Waals surface area contributed by atoms with E-state index in [9.17, 15) is 32.7 Å². The van der Waals surface area contributed by atoms with Crippen LogP contribution in [0.1, 0.15) is 137 Å². The van der Waals surface area contributed by atoms with Crippen LogP contribution in [0.25, 0.3) is 16.9 Å². The number of aromatic nitrogens is 5. The van der Waals surface area contributed by atoms with Crippen LogP contribution in [0, 0.1) is 16.6 Å². The van der Waals surface area contributed by atoms with Crippen LogP contribution in [0.15, 0.2) is 91.5 Å². The molecule has 3 saturated heterocycles. The lowest BCUT2D eigenvalue weighted by atomic mass is 9.66. The largest absolute Gasteiger partial charge is 0.481 e. The number of piperidine rings is 1. The van der Waals surface area contributed by atoms with Crippen LogP contribution in [-0.2, 0) is 29.2 Å². The Kier molecular flexibility index (Phi) is 19.4. The van der Waals surface area contributed by atoms with Crippen LogP contribution in [0.5, 0.6) is 0 Å². The Labute approximate surface area is 517 Å². The number of H-pyrrole nitrogens is 1. The number of aliphatic carboxylic acids is 1. The van der Waals surface area contributed by atoms with Crippen LogP contribution < -0.4 is 10.6 Å². The highest BCUT2D eigenvalue weighted by atomic mass is 35.5. The lowest BCUT2D eigenvalue weighted by molar-refractivity contribution is -0.162. The molecule has 4 fully saturated rings. The summed E-state index contributed by atoms with van der Waals surface area (Å²) in [6.07, 6.45) is 13.4. The summed E-state index contributed by atoms with van der Waals surface area (Å²) >= 11 is 12.9. The maximum atomic E-state index is 15.7. The number of piperazine rings is 2. The first kappa shape index (κ1) is 63.1. The van der Waals surface area contributed by atoms with E-state index in [-0.39, 0.29) is 68.1 Å². The summed E-state index contributed by atoms with van der Waals surface area (Å²) in [5, 5.41) is 24.1. The van der Waals surface area contributed by atoms with Gasteiger partial charge in [-0.2, -0.15) is 9.40 Å². The molecule has 0 spiro atoms. The number of carbonyl (C=O) groups excluding carboxylic acids is 4. The van der Waals surface area contributed by atoms with Gasteiger partial charge in [-0.1, -0.05) is 94.4 Å². The third-order valence-corrected chi connectivity index (χ3v) is 19.9. The molecule has 1 saturated carbocycles. The Morgan fingerprint density at radius 2 is 1.57 bits per heavy atom. The first-order valence-electron chi connectivity index (χ1n) is 30.1. The molecule has 4 atom stereocenters. The molecule has 10 rings (SSSR count). The average Bonchev–Trinajstić information content (AvgIpc) is 1.50. The highest BCUT2D eigenvalue weighted by molar-refractivity contribution is 7.89. The van der Waals surface area contributed by atoms with Crippen molar-refractivity contribution in [3.8, 4) is 11.3 Å². The third-order valence-electron chi connectivity index (χ3n) is 17.5. The molecule has 1 aliphatic carbocycles. The fraction of sp³-hybridized carbons (Fsp3) is 0.492. The first-order chi connectivity index (χ1) is 41.5. The number of likely N-dealkylation sites (tertiary alicyclic amines) is 1. The molecule has 3 aromatic carbocycles. The van der Waals surface area contributed by atoms with Gasteiger partial charge in [0.25, 0.3) is 5.91 Å². The Morgan fingerprint density at radius 3 is 2.24 bits per heavy atom. The molecule has 4 N–H and O–H groups in total. The molecule has 3 aromatic heterocycles. The molecular weight excluding hydrogens is 1170 g/mol. The van der Waals surface area contributed by atoms with E-state index in [0.717, 1.165) is 66.6 Å². The quantitative estimate of drug-likeness (QED) is 0.0438. The van der Waals surface area contributed by atoms with E-state index in [2.05, 4.69) is 25.8 Å². The molecule has 4 aliphatic rings. The number of hydrogen-bond donors (Lipinski definition) is 4. The van der Waals surface area contributed by atoms with Crippen molar-refractivity contribution in [1.29, 1.82) is 0 Å². The number of carbonyl (C=O) groups is 5. The van der Waals surface area contributed by atoms with Crippen LogP contribution in [0.3, 0.4) is 0 Å². The van der Waals surface area contributed by atoms with Crippen LogP contribution >= 0.6 is 23.2 Å². The van der Waals surface area contributed by atoms with Crippen molar-refractivity contribution in [1.82, 2.24) is 53.8 Å². The van der Waals surface area contributed by atoms with Crippen molar-refractivity contribution in [3.05, 3.63) is 130 Å². The summed E-state index contributed by atoms with van der Waals surface area (Å²) < 4.78 is 48.3. The molecule has 0 bridgehead atoms. The zero-order chi connectivity index (χ0) is 61.8. The van der Waals surface area contributed by atoms with E-state index in [0.29, 0.717) is 73.0 Å². The molecule has 6 aromatic rings. The molecular formula is C63H77Cl2FN12O8S. The van der Waals surface area contributed by atoms with E-state index in [1.54, 1.807) is 70.5 Å². The zero-order valence-corrected chi connectivity index (χ0v) is 52.0. The maximum absolute atomic E-state index is 15.7. The molecule has 0 radical (unpaired) electrons. The summed E-state index contributed by atoms with van der Waals surface area (Å²) in [5.41, 5.74) is 2.87. The van der Waals surface area contributed by atoms with E-state index in [4.69, 9.17) is 28.2 Å². The van der Waals surface area contributed by atoms with Crippen molar-refractivity contribution in [3.63, 3.8) is 0 Å². The van der Waals surface area contributed by atoms with E-state index >= 15 is 9.18 Å². The normalized spacial score (nSPS) is 20.2. The number of amides is 4. The topological polar surface area (TPSA) is 239 Å². The molecule has 24 heteroatoms. The number of fused-ring (bicyclic) bond motifs is 1. The number of anilines is 2. The van der Waals surface area contributed by atoms with Crippen LogP contribution in [0.4, 0.5) is 15.9 Å². The van der Waals surface area contributed by atoms with Crippen LogP contribution in [0.2, 0.25) is 10.0 Å². The van der Waals surface area contributed by atoms with Crippen LogP contribution in [-0.4, -0.2) is 169 Å². The summed E-state index contributed by atoms with van der Waals surface area (Å²) in [7, 11) is -4.04. The highest BCUT2D eigenvalue weighted by Crippen LogP contribution is 2.54. The Bertz CT molecular complexity index is 3580. The summed E-state index contributed by atoms with van der Waals surface area (Å²) in [6.45, 7) is 10.5. The highest BCUT2D eigenvalue weighted by Gasteiger charge is 2.55. The van der Waals surface area contributed by atoms with Crippen molar-refractivity contribution in [2.45, 2.75) is 116 Å². The van der Waals surface area contributed by atoms with Crippen molar-refractivity contribution >= 4 is 80.0 Å². The monoisotopic (exact) mass is 1250 g/mol. The van der Waals surface area contributed by atoms with Gasteiger partial charge in [-0.15, -0.1) is 0 Å². The maximum Gasteiger partial charge on any atom is 0.304 e. The van der Waals surface area contributed by atoms with E-state index in [1.807, 2.05) is 66.6 Å². The average molecular weight is 1250 g/mol. The molecule has 3 aliphatic heterocycles. The number of imidazole rings is 1. The number of benzene rings is 3. The van der Waals surface area contributed by atoms with Crippen molar-refractivity contribution in [2.75, 3.05) is 76.5 Å². The summed E-state index contributed by atoms with van der Waals surface area (Å²) in [5.74, 6) is -2.71. The Hall–Kier alpha value is -6.98. The van der Waals surface area contributed by atoms with Gasteiger partial charge in [0.2, 0.25) is 27.7 Å². The number of unbranched alkanes of at least 4 members (excludes halogenated alkanes) is 4. The molecule has 0 unspecified atom stereocenters. The molecule has 20 nitrogen and oxygen atoms in total. The number of nitrogens with one attached hydrogen (secondary N) is 3. The first-order valence-corrected chi connectivity index (χ1v) is 32.4. The van der Waals surface area contributed by atoms with Gasteiger partial charge < -0.3 is 30.4 Å². The van der Waals surface area contributed by atoms with Gasteiger partial charge in [0.05, 0.1) is 65.7 Å². The van der Waals surface area contributed by atoms with Gasteiger partial charge in [0.15, 0.2) is 11.5 Å². The number of aromatic amines is 1. The second-order valence-corrected chi connectivity index (χ2v) is 27.9. The van der Waals surface area contributed by atoms with E-state index in [1.165, 1.54) is 10.4 Å². The van der Waals surface area contributed by atoms with Gasteiger partial charge in [-0.3, -0.25) is 38.4 Å². The molecule has 87 heavy (non-hydrogen) atoms.